The number of carbonyl (C=O) groups is 1. The van der Waals surface area contributed by atoms with Crippen LogP contribution >= 0.6 is 0 Å². The van der Waals surface area contributed by atoms with Gasteiger partial charge in [0.25, 0.3) is 5.91 Å². The number of pyridine rings is 1. The van der Waals surface area contributed by atoms with E-state index in [1.807, 2.05) is 84.9 Å². The number of carbonyl (C=O) groups excluding carboxylic acids is 1. The van der Waals surface area contributed by atoms with Crippen molar-refractivity contribution in [3.8, 4) is 11.5 Å². The zero-order valence-corrected chi connectivity index (χ0v) is 16.3. The minimum absolute atomic E-state index is 0.182. The van der Waals surface area contributed by atoms with E-state index in [2.05, 4.69) is 15.6 Å². The summed E-state index contributed by atoms with van der Waals surface area (Å²) in [6.07, 6.45) is 1.66. The molecule has 0 unspecified atom stereocenters. The average Bonchev–Trinajstić information content (AvgIpc) is 2.80. The first-order chi connectivity index (χ1) is 14.8. The molecule has 2 N–H and O–H groups in total. The Morgan fingerprint density at radius 2 is 1.43 bits per heavy atom. The van der Waals surface area contributed by atoms with Gasteiger partial charge in [-0.15, -0.1) is 0 Å². The first-order valence-corrected chi connectivity index (χ1v) is 9.65. The van der Waals surface area contributed by atoms with E-state index in [0.29, 0.717) is 17.9 Å². The van der Waals surface area contributed by atoms with Crippen LogP contribution in [0.2, 0.25) is 0 Å². The lowest BCUT2D eigenvalue weighted by molar-refractivity contribution is 0.0951. The normalized spacial score (nSPS) is 10.3. The summed E-state index contributed by atoms with van der Waals surface area (Å²) in [5.74, 6) is 1.83. The van der Waals surface area contributed by atoms with Crippen molar-refractivity contribution in [2.75, 3.05) is 5.32 Å². The third-order valence-electron chi connectivity index (χ3n) is 4.44. The van der Waals surface area contributed by atoms with Crippen molar-refractivity contribution in [3.63, 3.8) is 0 Å². The Balaban J connectivity index is 1.43. The lowest BCUT2D eigenvalue weighted by Gasteiger charge is -2.12. The second-order valence-corrected chi connectivity index (χ2v) is 6.63. The van der Waals surface area contributed by atoms with E-state index in [1.54, 1.807) is 18.3 Å². The molecule has 0 aliphatic heterocycles. The molecule has 0 atom stereocenters. The number of anilines is 2. The first kappa shape index (κ1) is 19.2. The van der Waals surface area contributed by atoms with Gasteiger partial charge in [-0.3, -0.25) is 4.79 Å². The lowest BCUT2D eigenvalue weighted by atomic mass is 10.2. The molecule has 148 valence electrons. The standard InChI is InChI=1S/C25H21N3O2/c29-25(27-18-19-8-3-1-4-9-19)23-12-7-17-26-24(23)28-20-13-15-22(16-14-20)30-21-10-5-2-6-11-21/h1-17H,18H2,(H,26,28)(H,27,29). The Hall–Kier alpha value is -4.12. The van der Waals surface area contributed by atoms with Gasteiger partial charge in [-0.1, -0.05) is 48.5 Å². The number of nitrogens with zero attached hydrogens (tertiary/aromatic N) is 1. The molecular weight excluding hydrogens is 374 g/mol. The zero-order valence-electron chi connectivity index (χ0n) is 16.3. The molecule has 1 aromatic heterocycles. The summed E-state index contributed by atoms with van der Waals surface area (Å²) in [5, 5.41) is 6.15. The quantitative estimate of drug-likeness (QED) is 0.431. The highest BCUT2D eigenvalue weighted by atomic mass is 16.5. The summed E-state index contributed by atoms with van der Waals surface area (Å²) in [5.41, 5.74) is 2.34. The summed E-state index contributed by atoms with van der Waals surface area (Å²) >= 11 is 0. The van der Waals surface area contributed by atoms with Crippen LogP contribution in [0, 0.1) is 0 Å². The summed E-state index contributed by atoms with van der Waals surface area (Å²) < 4.78 is 5.81. The summed E-state index contributed by atoms with van der Waals surface area (Å²) in [7, 11) is 0. The Morgan fingerprint density at radius 3 is 2.17 bits per heavy atom. The van der Waals surface area contributed by atoms with Gasteiger partial charge in [0, 0.05) is 18.4 Å². The number of rotatable bonds is 7. The second-order valence-electron chi connectivity index (χ2n) is 6.63. The van der Waals surface area contributed by atoms with Crippen molar-refractivity contribution in [2.45, 2.75) is 6.54 Å². The molecule has 0 aliphatic rings. The monoisotopic (exact) mass is 395 g/mol. The molecule has 0 saturated carbocycles. The van der Waals surface area contributed by atoms with Gasteiger partial charge in [0.2, 0.25) is 0 Å². The van der Waals surface area contributed by atoms with Gasteiger partial charge in [-0.25, -0.2) is 4.98 Å². The van der Waals surface area contributed by atoms with Gasteiger partial charge in [-0.05, 0) is 54.1 Å². The molecule has 3 aromatic carbocycles. The van der Waals surface area contributed by atoms with Crippen LogP contribution in [0.4, 0.5) is 11.5 Å². The molecule has 5 nitrogen and oxygen atoms in total. The second kappa shape index (κ2) is 9.39. The van der Waals surface area contributed by atoms with Crippen LogP contribution in [-0.4, -0.2) is 10.9 Å². The Labute approximate surface area is 175 Å². The fourth-order valence-electron chi connectivity index (χ4n) is 2.93. The molecule has 0 saturated heterocycles. The Morgan fingerprint density at radius 1 is 0.767 bits per heavy atom. The third-order valence-corrected chi connectivity index (χ3v) is 4.44. The summed E-state index contributed by atoms with van der Waals surface area (Å²) in [4.78, 5) is 17.0. The summed E-state index contributed by atoms with van der Waals surface area (Å²) in [6.45, 7) is 0.458. The molecule has 0 aliphatic carbocycles. The van der Waals surface area contributed by atoms with E-state index >= 15 is 0 Å². The molecular formula is C25H21N3O2. The predicted molar refractivity (Wildman–Crippen MR) is 118 cm³/mol. The van der Waals surface area contributed by atoms with E-state index < -0.39 is 0 Å². The van der Waals surface area contributed by atoms with Crippen molar-refractivity contribution in [3.05, 3.63) is 114 Å². The maximum atomic E-state index is 12.7. The smallest absolute Gasteiger partial charge is 0.255 e. The molecule has 0 spiro atoms. The molecule has 30 heavy (non-hydrogen) atoms. The highest BCUT2D eigenvalue weighted by molar-refractivity contribution is 5.99. The lowest BCUT2D eigenvalue weighted by Crippen LogP contribution is -2.24. The minimum Gasteiger partial charge on any atom is -0.457 e. The van der Waals surface area contributed by atoms with Crippen LogP contribution in [0.5, 0.6) is 11.5 Å². The number of para-hydroxylation sites is 1. The van der Waals surface area contributed by atoms with Crippen LogP contribution in [-0.2, 0) is 6.54 Å². The van der Waals surface area contributed by atoms with Crippen molar-refractivity contribution >= 4 is 17.4 Å². The average molecular weight is 395 g/mol. The van der Waals surface area contributed by atoms with E-state index in [0.717, 1.165) is 22.7 Å². The minimum atomic E-state index is -0.182. The van der Waals surface area contributed by atoms with Crippen LogP contribution in [0.1, 0.15) is 15.9 Å². The number of hydrogen-bond donors (Lipinski definition) is 2. The van der Waals surface area contributed by atoms with Gasteiger partial charge >= 0.3 is 0 Å². The van der Waals surface area contributed by atoms with E-state index in [4.69, 9.17) is 4.74 Å². The number of amides is 1. The van der Waals surface area contributed by atoms with Crippen molar-refractivity contribution in [1.82, 2.24) is 10.3 Å². The van der Waals surface area contributed by atoms with Gasteiger partial charge < -0.3 is 15.4 Å². The zero-order chi connectivity index (χ0) is 20.6. The molecule has 1 amide bonds. The fraction of sp³-hybridized carbons (Fsp3) is 0.0400. The maximum absolute atomic E-state index is 12.7. The fourth-order valence-corrected chi connectivity index (χ4v) is 2.93. The van der Waals surface area contributed by atoms with Gasteiger partial charge in [0.05, 0.1) is 5.56 Å². The molecule has 1 heterocycles. The van der Waals surface area contributed by atoms with Gasteiger partial charge in [-0.2, -0.15) is 0 Å². The van der Waals surface area contributed by atoms with E-state index in [1.165, 1.54) is 0 Å². The van der Waals surface area contributed by atoms with Crippen molar-refractivity contribution < 1.29 is 9.53 Å². The Kier molecular flexibility index (Phi) is 6.01. The third kappa shape index (κ3) is 5.02. The molecule has 4 aromatic rings. The number of nitrogens with one attached hydrogen (secondary N) is 2. The first-order valence-electron chi connectivity index (χ1n) is 9.65. The van der Waals surface area contributed by atoms with Crippen LogP contribution in [0.3, 0.4) is 0 Å². The summed E-state index contributed by atoms with van der Waals surface area (Å²) in [6, 6.07) is 30.4. The maximum Gasteiger partial charge on any atom is 0.255 e. The Bertz CT molecular complexity index is 1100. The number of hydrogen-bond acceptors (Lipinski definition) is 4. The number of benzene rings is 3. The van der Waals surface area contributed by atoms with E-state index in [-0.39, 0.29) is 5.91 Å². The van der Waals surface area contributed by atoms with Crippen molar-refractivity contribution in [1.29, 1.82) is 0 Å². The van der Waals surface area contributed by atoms with Crippen molar-refractivity contribution in [2.24, 2.45) is 0 Å². The topological polar surface area (TPSA) is 63.2 Å². The molecule has 4 rings (SSSR count). The molecule has 0 bridgehead atoms. The highest BCUT2D eigenvalue weighted by Gasteiger charge is 2.12. The van der Waals surface area contributed by atoms with Crippen LogP contribution < -0.4 is 15.4 Å². The largest absolute Gasteiger partial charge is 0.457 e. The molecule has 0 fully saturated rings. The molecule has 0 radical (unpaired) electrons. The predicted octanol–water partition coefficient (Wildman–Crippen LogP) is 5.55. The van der Waals surface area contributed by atoms with Crippen LogP contribution in [0.25, 0.3) is 0 Å². The highest BCUT2D eigenvalue weighted by Crippen LogP contribution is 2.25. The van der Waals surface area contributed by atoms with Gasteiger partial charge in [0.1, 0.15) is 17.3 Å². The number of ether oxygens (including phenoxy) is 1. The molecule has 5 heteroatoms. The number of aromatic nitrogens is 1. The van der Waals surface area contributed by atoms with Crippen LogP contribution in [0.15, 0.2) is 103 Å². The SMILES string of the molecule is O=C(NCc1ccccc1)c1cccnc1Nc1ccc(Oc2ccccc2)cc1. The van der Waals surface area contributed by atoms with E-state index in [9.17, 15) is 4.79 Å². The van der Waals surface area contributed by atoms with Gasteiger partial charge in [0.15, 0.2) is 0 Å².